The number of hydrogen-bond acceptors (Lipinski definition) is 7. The Bertz CT molecular complexity index is 1370. The van der Waals surface area contributed by atoms with Crippen LogP contribution in [0.4, 0.5) is 0 Å². The molecular weight excluding hydrogens is 474 g/mol. The Hall–Kier alpha value is -4.04. The first-order valence-corrected chi connectivity index (χ1v) is 12.5. The molecular formula is C28H25N3O4S. The van der Waals surface area contributed by atoms with Crippen molar-refractivity contribution in [3.63, 3.8) is 0 Å². The SMILES string of the molecule is COc1ccc(C2CC(c3ccccc3)=NN2C(=O)COC(=O)CCc2nc3ccccc3s2)cc1. The summed E-state index contributed by atoms with van der Waals surface area (Å²) in [4.78, 5) is 30.1. The maximum absolute atomic E-state index is 13.1. The maximum Gasteiger partial charge on any atom is 0.306 e. The number of ether oxygens (including phenoxy) is 2. The fourth-order valence-corrected chi connectivity index (χ4v) is 5.11. The summed E-state index contributed by atoms with van der Waals surface area (Å²) < 4.78 is 11.7. The van der Waals surface area contributed by atoms with Gasteiger partial charge in [-0.15, -0.1) is 11.3 Å². The quantitative estimate of drug-likeness (QED) is 0.313. The summed E-state index contributed by atoms with van der Waals surface area (Å²) >= 11 is 1.56. The van der Waals surface area contributed by atoms with Crippen molar-refractivity contribution in [1.29, 1.82) is 0 Å². The topological polar surface area (TPSA) is 81.1 Å². The van der Waals surface area contributed by atoms with E-state index in [1.165, 1.54) is 5.01 Å². The van der Waals surface area contributed by atoms with Gasteiger partial charge in [0.15, 0.2) is 6.61 Å². The zero-order chi connectivity index (χ0) is 24.9. The number of thiazole rings is 1. The van der Waals surface area contributed by atoms with Crippen molar-refractivity contribution >= 4 is 39.1 Å². The minimum atomic E-state index is -0.435. The van der Waals surface area contributed by atoms with E-state index in [-0.39, 0.29) is 25.0 Å². The Balaban J connectivity index is 1.24. The van der Waals surface area contributed by atoms with Crippen molar-refractivity contribution in [1.82, 2.24) is 9.99 Å². The summed E-state index contributed by atoms with van der Waals surface area (Å²) in [7, 11) is 1.61. The molecule has 1 amide bonds. The van der Waals surface area contributed by atoms with E-state index >= 15 is 0 Å². The number of aromatic nitrogens is 1. The van der Waals surface area contributed by atoms with Crippen LogP contribution in [0.25, 0.3) is 10.2 Å². The van der Waals surface area contributed by atoms with Crippen LogP contribution in [0.5, 0.6) is 5.75 Å². The molecule has 36 heavy (non-hydrogen) atoms. The number of hydrazone groups is 1. The number of carbonyl (C=O) groups excluding carboxylic acids is 2. The van der Waals surface area contributed by atoms with Crippen LogP contribution >= 0.6 is 11.3 Å². The average Bonchev–Trinajstić information content (AvgIpc) is 3.56. The number of amides is 1. The molecule has 1 unspecified atom stereocenters. The molecule has 0 saturated heterocycles. The first-order valence-electron chi connectivity index (χ1n) is 11.7. The third kappa shape index (κ3) is 5.28. The third-order valence-corrected chi connectivity index (χ3v) is 7.11. The van der Waals surface area contributed by atoms with E-state index in [1.807, 2.05) is 78.9 Å². The summed E-state index contributed by atoms with van der Waals surface area (Å²) in [6.07, 6.45) is 1.20. The number of aryl methyl sites for hydroxylation is 1. The number of para-hydroxylation sites is 1. The Morgan fingerprint density at radius 1 is 1.00 bits per heavy atom. The second kappa shape index (κ2) is 10.7. The molecule has 0 bridgehead atoms. The minimum absolute atomic E-state index is 0.160. The maximum atomic E-state index is 13.1. The van der Waals surface area contributed by atoms with Crippen LogP contribution in [0.15, 0.2) is 84.0 Å². The molecule has 0 fully saturated rings. The van der Waals surface area contributed by atoms with Crippen molar-refractivity contribution in [2.75, 3.05) is 13.7 Å². The van der Waals surface area contributed by atoms with Crippen LogP contribution < -0.4 is 4.74 Å². The Morgan fingerprint density at radius 2 is 1.75 bits per heavy atom. The predicted molar refractivity (Wildman–Crippen MR) is 139 cm³/mol. The van der Waals surface area contributed by atoms with Gasteiger partial charge < -0.3 is 9.47 Å². The lowest BCUT2D eigenvalue weighted by molar-refractivity contribution is -0.152. The highest BCUT2D eigenvalue weighted by molar-refractivity contribution is 7.18. The molecule has 0 radical (unpaired) electrons. The van der Waals surface area contributed by atoms with Crippen LogP contribution in [0, 0.1) is 0 Å². The predicted octanol–water partition coefficient (Wildman–Crippen LogP) is 5.16. The van der Waals surface area contributed by atoms with Crippen molar-refractivity contribution in [3.05, 3.63) is 95.0 Å². The number of methoxy groups -OCH3 is 1. The molecule has 0 saturated carbocycles. The summed E-state index contributed by atoms with van der Waals surface area (Å²) in [5, 5.41) is 6.93. The van der Waals surface area contributed by atoms with Gasteiger partial charge in [0.1, 0.15) is 5.75 Å². The fraction of sp³-hybridized carbons (Fsp3) is 0.214. The molecule has 8 heteroatoms. The lowest BCUT2D eigenvalue weighted by atomic mass is 9.98. The Kier molecular flexibility index (Phi) is 7.04. The summed E-state index contributed by atoms with van der Waals surface area (Å²) in [5.74, 6) is -0.0639. The van der Waals surface area contributed by atoms with E-state index in [4.69, 9.17) is 9.47 Å². The molecule has 1 aromatic heterocycles. The number of fused-ring (bicyclic) bond motifs is 1. The highest BCUT2D eigenvalue weighted by Gasteiger charge is 2.33. The van der Waals surface area contributed by atoms with Gasteiger partial charge in [-0.25, -0.2) is 9.99 Å². The number of rotatable bonds is 8. The molecule has 0 N–H and O–H groups in total. The van der Waals surface area contributed by atoms with E-state index < -0.39 is 5.97 Å². The summed E-state index contributed by atoms with van der Waals surface area (Å²) in [6.45, 7) is -0.364. The lowest BCUT2D eigenvalue weighted by Crippen LogP contribution is -2.31. The molecule has 182 valence electrons. The van der Waals surface area contributed by atoms with Crippen molar-refractivity contribution in [3.8, 4) is 5.75 Å². The second-order valence-corrected chi connectivity index (χ2v) is 9.50. The normalized spacial score (nSPS) is 15.1. The van der Waals surface area contributed by atoms with Gasteiger partial charge in [0.25, 0.3) is 5.91 Å². The Labute approximate surface area is 213 Å². The molecule has 0 spiro atoms. The molecule has 3 aromatic carbocycles. The van der Waals surface area contributed by atoms with Crippen LogP contribution in [0.1, 0.15) is 35.0 Å². The largest absolute Gasteiger partial charge is 0.497 e. The second-order valence-electron chi connectivity index (χ2n) is 8.38. The standard InChI is InChI=1S/C28H25N3O4S/c1-34-21-13-11-20(12-14-21)24-17-23(19-7-3-2-4-8-19)30-31(24)27(32)18-35-28(33)16-15-26-29-22-9-5-6-10-25(22)36-26/h2-14,24H,15-18H2,1H3. The molecule has 5 rings (SSSR count). The van der Waals surface area contributed by atoms with Crippen molar-refractivity contribution < 1.29 is 19.1 Å². The van der Waals surface area contributed by atoms with Gasteiger partial charge in [0, 0.05) is 12.8 Å². The number of carbonyl (C=O) groups is 2. The molecule has 7 nitrogen and oxygen atoms in total. The highest BCUT2D eigenvalue weighted by Crippen LogP contribution is 2.33. The molecule has 1 aliphatic heterocycles. The van der Waals surface area contributed by atoms with Gasteiger partial charge in [0.05, 0.1) is 40.5 Å². The Morgan fingerprint density at radius 3 is 2.50 bits per heavy atom. The van der Waals surface area contributed by atoms with E-state index in [0.29, 0.717) is 12.8 Å². The molecule has 1 aliphatic rings. The lowest BCUT2D eigenvalue weighted by Gasteiger charge is -2.22. The van der Waals surface area contributed by atoms with E-state index in [2.05, 4.69) is 10.1 Å². The van der Waals surface area contributed by atoms with Crippen LogP contribution in [0.2, 0.25) is 0 Å². The van der Waals surface area contributed by atoms with Gasteiger partial charge >= 0.3 is 5.97 Å². The molecule has 2 heterocycles. The number of esters is 1. The molecule has 4 aromatic rings. The molecule has 1 atom stereocenters. The zero-order valence-corrected chi connectivity index (χ0v) is 20.6. The van der Waals surface area contributed by atoms with Gasteiger partial charge in [-0.3, -0.25) is 9.59 Å². The smallest absolute Gasteiger partial charge is 0.306 e. The van der Waals surface area contributed by atoms with Crippen molar-refractivity contribution in [2.24, 2.45) is 5.10 Å². The minimum Gasteiger partial charge on any atom is -0.497 e. The van der Waals surface area contributed by atoms with Crippen LogP contribution in [-0.2, 0) is 20.7 Å². The number of nitrogens with zero attached hydrogens (tertiary/aromatic N) is 3. The first kappa shape index (κ1) is 23.7. The van der Waals surface area contributed by atoms with Gasteiger partial charge in [0.2, 0.25) is 0 Å². The van der Waals surface area contributed by atoms with Gasteiger partial charge in [-0.05, 0) is 35.4 Å². The molecule has 0 aliphatic carbocycles. The van der Waals surface area contributed by atoms with Gasteiger partial charge in [-0.2, -0.15) is 5.10 Å². The average molecular weight is 500 g/mol. The summed E-state index contributed by atoms with van der Waals surface area (Å²) in [6, 6.07) is 24.9. The third-order valence-electron chi connectivity index (χ3n) is 6.01. The number of hydrogen-bond donors (Lipinski definition) is 0. The summed E-state index contributed by atoms with van der Waals surface area (Å²) in [5.41, 5.74) is 3.62. The number of benzene rings is 3. The van der Waals surface area contributed by atoms with Crippen LogP contribution in [-0.4, -0.2) is 41.3 Å². The highest BCUT2D eigenvalue weighted by atomic mass is 32.1. The fourth-order valence-electron chi connectivity index (χ4n) is 4.15. The van der Waals surface area contributed by atoms with Crippen LogP contribution in [0.3, 0.4) is 0 Å². The van der Waals surface area contributed by atoms with Gasteiger partial charge in [-0.1, -0.05) is 54.6 Å². The monoisotopic (exact) mass is 499 g/mol. The van der Waals surface area contributed by atoms with E-state index in [9.17, 15) is 9.59 Å². The van der Waals surface area contributed by atoms with Crippen molar-refractivity contribution in [2.45, 2.75) is 25.3 Å². The zero-order valence-electron chi connectivity index (χ0n) is 19.8. The van der Waals surface area contributed by atoms with E-state index in [1.54, 1.807) is 18.4 Å². The van der Waals surface area contributed by atoms with E-state index in [0.717, 1.165) is 37.8 Å². The first-order chi connectivity index (χ1) is 17.6.